The van der Waals surface area contributed by atoms with Gasteiger partial charge in [-0.1, -0.05) is 29.8 Å². The average Bonchev–Trinajstić information content (AvgIpc) is 3.61. The highest BCUT2D eigenvalue weighted by molar-refractivity contribution is 7.21. The Bertz CT molecular complexity index is 1510. The Morgan fingerprint density at radius 1 is 1.07 bits per heavy atom. The number of anilines is 2. The molecular weight excluding hydrogens is 548 g/mol. The maximum atomic E-state index is 10.8. The lowest BCUT2D eigenvalue weighted by molar-refractivity contribution is 0.00446. The van der Waals surface area contributed by atoms with Crippen LogP contribution < -0.4 is 10.6 Å². The summed E-state index contributed by atoms with van der Waals surface area (Å²) in [7, 11) is 0. The summed E-state index contributed by atoms with van der Waals surface area (Å²) in [5, 5.41) is 38.5. The van der Waals surface area contributed by atoms with E-state index in [0.717, 1.165) is 50.6 Å². The Kier molecular flexibility index (Phi) is 8.26. The van der Waals surface area contributed by atoms with Gasteiger partial charge in [-0.3, -0.25) is 4.98 Å². The van der Waals surface area contributed by atoms with E-state index in [0.29, 0.717) is 24.1 Å². The molecule has 5 N–H and O–H groups in total. The van der Waals surface area contributed by atoms with E-state index >= 15 is 0 Å². The molecule has 2 aliphatic carbocycles. The molecule has 0 unspecified atom stereocenters. The summed E-state index contributed by atoms with van der Waals surface area (Å²) in [5.74, 6) is 1.06. The number of aliphatic hydroxyl groups excluding tert-OH is 3. The van der Waals surface area contributed by atoms with E-state index in [4.69, 9.17) is 15.0 Å². The smallest absolute Gasteiger partial charge is 0.225 e. The minimum atomic E-state index is -1.03. The van der Waals surface area contributed by atoms with Gasteiger partial charge in [-0.15, -0.1) is 23.7 Å². The topological polar surface area (TPSA) is 136 Å². The number of nitrogens with zero attached hydrogens (tertiary/aromatic N) is 4. The van der Waals surface area contributed by atoms with E-state index < -0.39 is 24.2 Å². The third-order valence-electron chi connectivity index (χ3n) is 7.85. The SMILES string of the molecule is Cc1cccc([C@@H](C)Nc2nc(C)c(-c3nc4c(C5CC5)nccc4s3)c(N[C@@H]3C[C@H](CO)[C@@H](O)[C@H]3O)n2)c1.Cl. The summed E-state index contributed by atoms with van der Waals surface area (Å²) < 4.78 is 1.07. The molecule has 9 nitrogen and oxygen atoms in total. The molecule has 40 heavy (non-hydrogen) atoms. The molecule has 0 bridgehead atoms. The minimum absolute atomic E-state index is 0. The van der Waals surface area contributed by atoms with Crippen molar-refractivity contribution in [1.29, 1.82) is 0 Å². The molecular formula is C29H35ClN6O3S. The average molecular weight is 583 g/mol. The highest BCUT2D eigenvalue weighted by Gasteiger charge is 2.41. The largest absolute Gasteiger partial charge is 0.396 e. The van der Waals surface area contributed by atoms with Crippen LogP contribution in [-0.4, -0.2) is 60.1 Å². The number of hydrogen-bond donors (Lipinski definition) is 5. The van der Waals surface area contributed by atoms with Crippen molar-refractivity contribution in [3.8, 4) is 10.6 Å². The van der Waals surface area contributed by atoms with Crippen molar-refractivity contribution in [3.63, 3.8) is 0 Å². The summed E-state index contributed by atoms with van der Waals surface area (Å²) >= 11 is 1.58. The van der Waals surface area contributed by atoms with Gasteiger partial charge in [0.1, 0.15) is 22.4 Å². The zero-order valence-corrected chi connectivity index (χ0v) is 24.3. The monoisotopic (exact) mass is 582 g/mol. The fraction of sp³-hybridized carbons (Fsp3) is 0.448. The van der Waals surface area contributed by atoms with Crippen LogP contribution in [0.15, 0.2) is 36.5 Å². The number of aryl methyl sites for hydroxylation is 2. The van der Waals surface area contributed by atoms with Crippen molar-refractivity contribution in [2.24, 2.45) is 5.92 Å². The van der Waals surface area contributed by atoms with E-state index in [1.165, 1.54) is 5.56 Å². The number of hydrogen-bond acceptors (Lipinski definition) is 10. The number of pyridine rings is 1. The second-order valence-electron chi connectivity index (χ2n) is 10.9. The van der Waals surface area contributed by atoms with Gasteiger partial charge in [-0.05, 0) is 51.7 Å². The molecule has 11 heteroatoms. The lowest BCUT2D eigenvalue weighted by atomic mass is 10.1. The summed E-state index contributed by atoms with van der Waals surface area (Å²) in [4.78, 5) is 19.3. The number of aromatic nitrogens is 4. The Balaban J connectivity index is 0.00000323. The van der Waals surface area contributed by atoms with Crippen LogP contribution in [0.25, 0.3) is 20.8 Å². The van der Waals surface area contributed by atoms with Crippen LogP contribution in [0.2, 0.25) is 0 Å². The summed E-state index contributed by atoms with van der Waals surface area (Å²) in [6.45, 7) is 5.88. The second-order valence-corrected chi connectivity index (χ2v) is 11.9. The van der Waals surface area contributed by atoms with Crippen LogP contribution in [0.1, 0.15) is 60.7 Å². The van der Waals surface area contributed by atoms with Crippen molar-refractivity contribution < 1.29 is 15.3 Å². The minimum Gasteiger partial charge on any atom is -0.396 e. The Morgan fingerprint density at radius 2 is 1.88 bits per heavy atom. The van der Waals surface area contributed by atoms with Crippen LogP contribution in [0, 0.1) is 19.8 Å². The lowest BCUT2D eigenvalue weighted by Crippen LogP contribution is -2.35. The van der Waals surface area contributed by atoms with Crippen LogP contribution >= 0.6 is 23.7 Å². The van der Waals surface area contributed by atoms with Gasteiger partial charge in [-0.25, -0.2) is 9.97 Å². The molecule has 6 rings (SSSR count). The molecule has 3 heterocycles. The normalized spacial score (nSPS) is 23.1. The molecule has 5 atom stereocenters. The predicted molar refractivity (Wildman–Crippen MR) is 160 cm³/mol. The van der Waals surface area contributed by atoms with Crippen molar-refractivity contribution >= 4 is 45.7 Å². The first-order valence-electron chi connectivity index (χ1n) is 13.5. The number of benzene rings is 1. The molecule has 212 valence electrons. The Hall–Kier alpha value is -2.89. The maximum absolute atomic E-state index is 10.8. The molecule has 0 aliphatic heterocycles. The van der Waals surface area contributed by atoms with Gasteiger partial charge in [0.15, 0.2) is 0 Å². The molecule has 2 aliphatic rings. The van der Waals surface area contributed by atoms with Crippen LogP contribution in [-0.2, 0) is 0 Å². The van der Waals surface area contributed by atoms with Gasteiger partial charge in [0, 0.05) is 24.6 Å². The van der Waals surface area contributed by atoms with E-state index in [1.807, 2.05) is 25.3 Å². The van der Waals surface area contributed by atoms with Crippen molar-refractivity contribution in [1.82, 2.24) is 19.9 Å². The number of thiazole rings is 1. The second kappa shape index (κ2) is 11.5. The Morgan fingerprint density at radius 3 is 2.58 bits per heavy atom. The van der Waals surface area contributed by atoms with Crippen molar-refractivity contribution in [2.45, 2.75) is 70.2 Å². The lowest BCUT2D eigenvalue weighted by Gasteiger charge is -2.22. The van der Waals surface area contributed by atoms with Gasteiger partial charge in [0.2, 0.25) is 5.95 Å². The molecule has 2 fully saturated rings. The highest BCUT2D eigenvalue weighted by Crippen LogP contribution is 2.44. The van der Waals surface area contributed by atoms with E-state index in [1.54, 1.807) is 11.3 Å². The van der Waals surface area contributed by atoms with Crippen molar-refractivity contribution in [3.05, 3.63) is 59.0 Å². The molecule has 0 saturated heterocycles. The standard InChI is InChI=1S/C29H34N6O3S.ClH/c1-14-5-4-6-18(11-14)15(2)31-29-32-16(3)22(27(35-29)33-20-12-19(13-36)25(37)26(20)38)28-34-24-21(39-28)9-10-30-23(24)17-7-8-17;/h4-6,9-11,15,17,19-20,25-26,36-38H,7-8,12-13H2,1-3H3,(H2,31,32,33,35);1H/t15-,19-,20-,25-,26+;/m1./s1. The molecule has 0 spiro atoms. The maximum Gasteiger partial charge on any atom is 0.225 e. The third-order valence-corrected chi connectivity index (χ3v) is 8.89. The first-order chi connectivity index (χ1) is 18.8. The first kappa shape index (κ1) is 28.6. The Labute approximate surface area is 243 Å². The first-order valence-corrected chi connectivity index (χ1v) is 14.3. The molecule has 0 radical (unpaired) electrons. The fourth-order valence-corrected chi connectivity index (χ4v) is 6.54. The molecule has 3 aromatic heterocycles. The predicted octanol–water partition coefficient (Wildman–Crippen LogP) is 4.75. The molecule has 4 aromatic rings. The zero-order valence-electron chi connectivity index (χ0n) is 22.7. The van der Waals surface area contributed by atoms with Gasteiger partial charge in [0.25, 0.3) is 0 Å². The number of aliphatic hydroxyl groups is 3. The zero-order chi connectivity index (χ0) is 27.3. The van der Waals surface area contributed by atoms with Crippen LogP contribution in [0.3, 0.4) is 0 Å². The molecule has 2 saturated carbocycles. The molecule has 1 aromatic carbocycles. The fourth-order valence-electron chi connectivity index (χ4n) is 5.48. The number of nitrogens with one attached hydrogen (secondary N) is 2. The van der Waals surface area contributed by atoms with E-state index in [9.17, 15) is 15.3 Å². The van der Waals surface area contributed by atoms with Gasteiger partial charge < -0.3 is 26.0 Å². The van der Waals surface area contributed by atoms with Gasteiger partial charge in [0.05, 0.1) is 39.8 Å². The van der Waals surface area contributed by atoms with Crippen LogP contribution in [0.5, 0.6) is 0 Å². The number of rotatable bonds is 8. The number of halogens is 1. The molecule has 0 amide bonds. The van der Waals surface area contributed by atoms with Gasteiger partial charge >= 0.3 is 0 Å². The van der Waals surface area contributed by atoms with E-state index in [2.05, 4.69) is 47.7 Å². The summed E-state index contributed by atoms with van der Waals surface area (Å²) in [6.07, 6.45) is 2.51. The third kappa shape index (κ3) is 5.51. The van der Waals surface area contributed by atoms with Gasteiger partial charge in [-0.2, -0.15) is 4.98 Å². The van der Waals surface area contributed by atoms with Crippen LogP contribution in [0.4, 0.5) is 11.8 Å². The quantitative estimate of drug-likeness (QED) is 0.199. The summed E-state index contributed by atoms with van der Waals surface area (Å²) in [6, 6.07) is 9.79. The summed E-state index contributed by atoms with van der Waals surface area (Å²) in [5.41, 5.74) is 5.80. The highest BCUT2D eigenvalue weighted by atomic mass is 35.5. The number of fused-ring (bicyclic) bond motifs is 1. The van der Waals surface area contributed by atoms with E-state index in [-0.39, 0.29) is 25.1 Å². The van der Waals surface area contributed by atoms with Crippen molar-refractivity contribution in [2.75, 3.05) is 17.2 Å².